The fourth-order valence-corrected chi connectivity index (χ4v) is 2.59. The lowest BCUT2D eigenvalue weighted by atomic mass is 10.1. The van der Waals surface area contributed by atoms with Crippen molar-refractivity contribution in [2.24, 2.45) is 5.16 Å². The van der Waals surface area contributed by atoms with Crippen LogP contribution in [0.4, 0.5) is 0 Å². The van der Waals surface area contributed by atoms with Gasteiger partial charge in [0.05, 0.1) is 12.8 Å². The number of rotatable bonds is 6. The van der Waals surface area contributed by atoms with Gasteiger partial charge in [0.15, 0.2) is 11.5 Å². The van der Waals surface area contributed by atoms with Crippen LogP contribution in [0, 0.1) is 0 Å². The van der Waals surface area contributed by atoms with E-state index >= 15 is 0 Å². The van der Waals surface area contributed by atoms with E-state index in [0.717, 1.165) is 10.5 Å². The maximum absolute atomic E-state index is 9.55. The number of benzene rings is 2. The molecule has 0 aliphatic rings. The number of methoxy groups -OCH3 is 1. The summed E-state index contributed by atoms with van der Waals surface area (Å²) in [6.45, 7) is 0. The fourth-order valence-electron chi connectivity index (χ4n) is 1.77. The number of aromatic hydroxyl groups is 1. The Balaban J connectivity index is 2.01. The average Bonchev–Trinajstić information content (AvgIpc) is 2.57. The monoisotopic (exact) mass is 315 g/mol. The first-order chi connectivity index (χ1) is 10.7. The van der Waals surface area contributed by atoms with Gasteiger partial charge in [-0.15, -0.1) is 11.8 Å². The van der Waals surface area contributed by atoms with Gasteiger partial charge in [0, 0.05) is 10.6 Å². The number of hydrogen-bond acceptors (Lipinski definition) is 5. The van der Waals surface area contributed by atoms with Crippen molar-refractivity contribution in [3.05, 3.63) is 60.2 Å². The Labute approximate surface area is 133 Å². The average molecular weight is 315 g/mol. The Morgan fingerprint density at radius 1 is 1.23 bits per heavy atom. The molecule has 2 aromatic rings. The second kappa shape index (κ2) is 8.14. The third kappa shape index (κ3) is 4.56. The number of oxime groups is 1. The van der Waals surface area contributed by atoms with Crippen LogP contribution in [-0.2, 0) is 0 Å². The highest BCUT2D eigenvalue weighted by Gasteiger charge is 2.02. The van der Waals surface area contributed by atoms with Gasteiger partial charge in [-0.1, -0.05) is 35.5 Å². The number of phenolic OH excluding ortho intramolecular Hbond substituents is 1. The molecule has 0 radical (unpaired) electrons. The van der Waals surface area contributed by atoms with Crippen LogP contribution in [-0.4, -0.2) is 28.9 Å². The molecule has 4 nitrogen and oxygen atoms in total. The van der Waals surface area contributed by atoms with E-state index in [1.807, 2.05) is 36.4 Å². The second-order valence-electron chi connectivity index (χ2n) is 4.46. The van der Waals surface area contributed by atoms with E-state index in [9.17, 15) is 5.11 Å². The highest BCUT2D eigenvalue weighted by molar-refractivity contribution is 8.00. The van der Waals surface area contributed by atoms with Crippen LogP contribution in [0.3, 0.4) is 0 Å². The van der Waals surface area contributed by atoms with E-state index in [1.54, 1.807) is 36.0 Å². The van der Waals surface area contributed by atoms with E-state index in [-0.39, 0.29) is 5.75 Å². The molecule has 0 atom stereocenters. The topological polar surface area (TPSA) is 62.0 Å². The number of allylic oxidation sites excluding steroid dienone is 1. The smallest absolute Gasteiger partial charge is 0.161 e. The quantitative estimate of drug-likeness (QED) is 0.365. The van der Waals surface area contributed by atoms with Crippen LogP contribution in [0.25, 0.3) is 6.08 Å². The van der Waals surface area contributed by atoms with Crippen LogP contribution < -0.4 is 4.74 Å². The number of thioether (sulfide) groups is 1. The Hall–Kier alpha value is -2.40. The zero-order chi connectivity index (χ0) is 15.8. The Morgan fingerprint density at radius 2 is 2.00 bits per heavy atom. The van der Waals surface area contributed by atoms with Crippen molar-refractivity contribution in [2.45, 2.75) is 4.90 Å². The van der Waals surface area contributed by atoms with Crippen molar-refractivity contribution in [3.8, 4) is 11.5 Å². The number of hydrogen-bond donors (Lipinski definition) is 2. The van der Waals surface area contributed by atoms with Crippen molar-refractivity contribution < 1.29 is 15.1 Å². The van der Waals surface area contributed by atoms with E-state index < -0.39 is 0 Å². The van der Waals surface area contributed by atoms with Gasteiger partial charge in [-0.05, 0) is 35.9 Å². The van der Waals surface area contributed by atoms with Crippen molar-refractivity contribution in [3.63, 3.8) is 0 Å². The molecule has 0 fully saturated rings. The van der Waals surface area contributed by atoms with Crippen LogP contribution in [0.2, 0.25) is 0 Å². The summed E-state index contributed by atoms with van der Waals surface area (Å²) in [5.41, 5.74) is 1.40. The van der Waals surface area contributed by atoms with Crippen molar-refractivity contribution in [1.29, 1.82) is 0 Å². The molecular weight excluding hydrogens is 298 g/mol. The van der Waals surface area contributed by atoms with Crippen LogP contribution in [0.5, 0.6) is 11.5 Å². The zero-order valence-corrected chi connectivity index (χ0v) is 13.0. The molecule has 114 valence electrons. The molecule has 0 saturated heterocycles. The largest absolute Gasteiger partial charge is 0.504 e. The summed E-state index contributed by atoms with van der Waals surface area (Å²) in [7, 11) is 1.50. The maximum atomic E-state index is 9.55. The predicted molar refractivity (Wildman–Crippen MR) is 90.1 cm³/mol. The van der Waals surface area contributed by atoms with Crippen molar-refractivity contribution >= 4 is 23.5 Å². The molecule has 0 heterocycles. The van der Waals surface area contributed by atoms with Crippen LogP contribution >= 0.6 is 11.8 Å². The molecule has 0 unspecified atom stereocenters. The highest BCUT2D eigenvalue weighted by atomic mass is 32.2. The van der Waals surface area contributed by atoms with E-state index in [0.29, 0.717) is 17.2 Å². The molecule has 5 heteroatoms. The predicted octanol–water partition coefficient (Wildman–Crippen LogP) is 4.04. The van der Waals surface area contributed by atoms with Gasteiger partial charge >= 0.3 is 0 Å². The lowest BCUT2D eigenvalue weighted by molar-refractivity contribution is 0.319. The maximum Gasteiger partial charge on any atom is 0.161 e. The molecule has 0 bridgehead atoms. The lowest BCUT2D eigenvalue weighted by Crippen LogP contribution is -1.97. The Kier molecular flexibility index (Phi) is 5.91. The summed E-state index contributed by atoms with van der Waals surface area (Å²) in [6.07, 6.45) is 3.55. The lowest BCUT2D eigenvalue weighted by Gasteiger charge is -2.04. The molecule has 2 rings (SSSR count). The minimum Gasteiger partial charge on any atom is -0.504 e. The zero-order valence-electron chi connectivity index (χ0n) is 12.1. The number of nitrogens with zero attached hydrogens (tertiary/aromatic N) is 1. The summed E-state index contributed by atoms with van der Waals surface area (Å²) in [6, 6.07) is 14.9. The van der Waals surface area contributed by atoms with E-state index in [1.165, 1.54) is 7.11 Å². The van der Waals surface area contributed by atoms with Gasteiger partial charge in [-0.2, -0.15) is 0 Å². The SMILES string of the molecule is COc1cc(C=CC(CSc2ccccc2)=NO)ccc1O. The summed E-state index contributed by atoms with van der Waals surface area (Å²) < 4.78 is 5.06. The van der Waals surface area contributed by atoms with Gasteiger partial charge < -0.3 is 15.1 Å². The molecule has 2 aromatic carbocycles. The van der Waals surface area contributed by atoms with Gasteiger partial charge in [0.1, 0.15) is 0 Å². The minimum atomic E-state index is 0.0929. The first-order valence-corrected chi connectivity index (χ1v) is 7.65. The van der Waals surface area contributed by atoms with Crippen LogP contribution in [0.15, 0.2) is 64.7 Å². The van der Waals surface area contributed by atoms with Gasteiger partial charge in [-0.25, -0.2) is 0 Å². The first kappa shape index (κ1) is 16.0. The Bertz CT molecular complexity index is 669. The third-order valence-corrected chi connectivity index (χ3v) is 3.98. The highest BCUT2D eigenvalue weighted by Crippen LogP contribution is 2.26. The van der Waals surface area contributed by atoms with Gasteiger partial charge in [-0.3, -0.25) is 0 Å². The third-order valence-electron chi connectivity index (χ3n) is 2.93. The molecule has 22 heavy (non-hydrogen) atoms. The van der Waals surface area contributed by atoms with Gasteiger partial charge in [0.25, 0.3) is 0 Å². The van der Waals surface area contributed by atoms with Gasteiger partial charge in [0.2, 0.25) is 0 Å². The van der Waals surface area contributed by atoms with Crippen molar-refractivity contribution in [1.82, 2.24) is 0 Å². The van der Waals surface area contributed by atoms with Crippen molar-refractivity contribution in [2.75, 3.05) is 12.9 Å². The molecular formula is C17H17NO3S. The number of ether oxygens (including phenoxy) is 1. The fraction of sp³-hybridized carbons (Fsp3) is 0.118. The normalized spacial score (nSPS) is 11.8. The van der Waals surface area contributed by atoms with E-state index in [4.69, 9.17) is 9.94 Å². The molecule has 0 amide bonds. The first-order valence-electron chi connectivity index (χ1n) is 6.67. The van der Waals surface area contributed by atoms with Crippen LogP contribution in [0.1, 0.15) is 5.56 Å². The standard InChI is InChI=1S/C17H17NO3S/c1-21-17-11-13(8-10-16(17)19)7-9-14(18-20)12-22-15-5-3-2-4-6-15/h2-11,19-20H,12H2,1H3. The molecule has 0 aliphatic heterocycles. The molecule has 0 aliphatic carbocycles. The second-order valence-corrected chi connectivity index (χ2v) is 5.51. The summed E-state index contributed by atoms with van der Waals surface area (Å²) in [4.78, 5) is 1.11. The molecule has 0 spiro atoms. The number of phenols is 1. The molecule has 2 N–H and O–H groups in total. The Morgan fingerprint density at radius 3 is 2.68 bits per heavy atom. The summed E-state index contributed by atoms with van der Waals surface area (Å²) in [5, 5.41) is 21.9. The summed E-state index contributed by atoms with van der Waals surface area (Å²) in [5.74, 6) is 1.06. The summed E-state index contributed by atoms with van der Waals surface area (Å²) >= 11 is 1.59. The molecule has 0 saturated carbocycles. The molecule has 0 aromatic heterocycles. The van der Waals surface area contributed by atoms with E-state index in [2.05, 4.69) is 5.16 Å². The minimum absolute atomic E-state index is 0.0929.